The van der Waals surface area contributed by atoms with Gasteiger partial charge in [-0.05, 0) is 36.6 Å². The standard InChI is InChI=1S/C21H21NO3S2/c1-3-4-19(23)18-13-26-21(20(18)15-7-5-14(2)6-8-15)16-9-11-17(12-10-16)27(22,24)25/h5-13H,3-4H2,1-2H3,(H2,22,24,25). The maximum absolute atomic E-state index is 12.6. The van der Waals surface area contributed by atoms with Crippen LogP contribution < -0.4 is 5.14 Å². The summed E-state index contributed by atoms with van der Waals surface area (Å²) in [6, 6.07) is 14.5. The van der Waals surface area contributed by atoms with Crippen molar-refractivity contribution in [3.63, 3.8) is 0 Å². The van der Waals surface area contributed by atoms with E-state index < -0.39 is 10.0 Å². The molecule has 0 spiro atoms. The van der Waals surface area contributed by atoms with Crippen molar-refractivity contribution in [3.8, 4) is 21.6 Å². The summed E-state index contributed by atoms with van der Waals surface area (Å²) in [6.45, 7) is 4.01. The van der Waals surface area contributed by atoms with Gasteiger partial charge in [0.1, 0.15) is 0 Å². The van der Waals surface area contributed by atoms with Gasteiger partial charge in [-0.1, -0.05) is 48.9 Å². The molecule has 0 saturated heterocycles. The molecule has 0 aliphatic heterocycles. The number of aryl methyl sites for hydroxylation is 1. The number of benzene rings is 2. The van der Waals surface area contributed by atoms with Gasteiger partial charge in [0.15, 0.2) is 5.78 Å². The van der Waals surface area contributed by atoms with Gasteiger partial charge in [0, 0.05) is 27.8 Å². The van der Waals surface area contributed by atoms with Crippen molar-refractivity contribution in [3.05, 3.63) is 65.0 Å². The highest BCUT2D eigenvalue weighted by Crippen LogP contribution is 2.41. The quantitative estimate of drug-likeness (QED) is 0.591. The molecule has 2 aromatic carbocycles. The zero-order valence-corrected chi connectivity index (χ0v) is 16.9. The molecule has 1 aromatic heterocycles. The summed E-state index contributed by atoms with van der Waals surface area (Å²) in [7, 11) is -3.74. The first kappa shape index (κ1) is 19.5. The van der Waals surface area contributed by atoms with E-state index in [1.54, 1.807) is 12.1 Å². The first-order valence-electron chi connectivity index (χ1n) is 8.66. The minimum Gasteiger partial charge on any atom is -0.294 e. The lowest BCUT2D eigenvalue weighted by molar-refractivity contribution is 0.0983. The molecule has 0 bridgehead atoms. The summed E-state index contributed by atoms with van der Waals surface area (Å²) in [6.07, 6.45) is 1.29. The van der Waals surface area contributed by atoms with E-state index in [9.17, 15) is 13.2 Å². The number of nitrogens with two attached hydrogens (primary N) is 1. The van der Waals surface area contributed by atoms with Crippen LogP contribution >= 0.6 is 11.3 Å². The number of carbonyl (C=O) groups excluding carboxylic acids is 1. The number of rotatable bonds is 6. The van der Waals surface area contributed by atoms with Crippen LogP contribution in [-0.2, 0) is 10.0 Å². The van der Waals surface area contributed by atoms with Crippen molar-refractivity contribution in [1.29, 1.82) is 0 Å². The van der Waals surface area contributed by atoms with Gasteiger partial charge in [-0.2, -0.15) is 0 Å². The number of ketones is 1. The Bertz CT molecular complexity index is 1060. The summed E-state index contributed by atoms with van der Waals surface area (Å²) in [5.41, 5.74) is 4.61. The van der Waals surface area contributed by atoms with E-state index in [2.05, 4.69) is 0 Å². The molecule has 0 saturated carbocycles. The monoisotopic (exact) mass is 399 g/mol. The number of hydrogen-bond donors (Lipinski definition) is 1. The second kappa shape index (κ2) is 7.76. The van der Waals surface area contributed by atoms with Crippen molar-refractivity contribution in [2.75, 3.05) is 0 Å². The van der Waals surface area contributed by atoms with Gasteiger partial charge in [0.2, 0.25) is 10.0 Å². The van der Waals surface area contributed by atoms with E-state index in [4.69, 9.17) is 5.14 Å². The van der Waals surface area contributed by atoms with Crippen LogP contribution in [0.25, 0.3) is 21.6 Å². The largest absolute Gasteiger partial charge is 0.294 e. The number of hydrogen-bond acceptors (Lipinski definition) is 4. The van der Waals surface area contributed by atoms with Gasteiger partial charge in [0.25, 0.3) is 0 Å². The lowest BCUT2D eigenvalue weighted by Gasteiger charge is -2.09. The Morgan fingerprint density at radius 2 is 1.59 bits per heavy atom. The Labute approximate surface area is 163 Å². The highest BCUT2D eigenvalue weighted by atomic mass is 32.2. The summed E-state index contributed by atoms with van der Waals surface area (Å²) in [4.78, 5) is 13.7. The Kier molecular flexibility index (Phi) is 5.60. The first-order chi connectivity index (χ1) is 12.8. The molecule has 0 amide bonds. The zero-order valence-electron chi connectivity index (χ0n) is 15.2. The van der Waals surface area contributed by atoms with Crippen LogP contribution in [0.3, 0.4) is 0 Å². The zero-order chi connectivity index (χ0) is 19.6. The normalized spacial score (nSPS) is 11.5. The number of carbonyl (C=O) groups is 1. The molecule has 140 valence electrons. The second-order valence-corrected chi connectivity index (χ2v) is 8.90. The molecule has 0 radical (unpaired) electrons. The molecular weight excluding hydrogens is 378 g/mol. The lowest BCUT2D eigenvalue weighted by Crippen LogP contribution is -2.11. The molecule has 0 unspecified atom stereocenters. The molecule has 2 N–H and O–H groups in total. The average molecular weight is 400 g/mol. The van der Waals surface area contributed by atoms with Crippen LogP contribution in [0, 0.1) is 6.92 Å². The fourth-order valence-corrected chi connectivity index (χ4v) is 4.56. The molecule has 1 heterocycles. The van der Waals surface area contributed by atoms with Crippen LogP contribution in [-0.4, -0.2) is 14.2 Å². The van der Waals surface area contributed by atoms with E-state index in [0.29, 0.717) is 6.42 Å². The van der Waals surface area contributed by atoms with Crippen molar-refractivity contribution in [1.82, 2.24) is 0 Å². The predicted molar refractivity (Wildman–Crippen MR) is 111 cm³/mol. The van der Waals surface area contributed by atoms with E-state index in [1.807, 2.05) is 43.5 Å². The Morgan fingerprint density at radius 1 is 1.00 bits per heavy atom. The highest BCUT2D eigenvalue weighted by molar-refractivity contribution is 7.89. The number of sulfonamides is 1. The van der Waals surface area contributed by atoms with Crippen LogP contribution in [0.1, 0.15) is 35.7 Å². The molecule has 0 aliphatic carbocycles. The SMILES string of the molecule is CCCC(=O)c1csc(-c2ccc(S(N)(=O)=O)cc2)c1-c1ccc(C)cc1. The molecule has 0 fully saturated rings. The topological polar surface area (TPSA) is 77.2 Å². The summed E-state index contributed by atoms with van der Waals surface area (Å²) in [5.74, 6) is 0.122. The van der Waals surface area contributed by atoms with E-state index in [-0.39, 0.29) is 10.7 Å². The van der Waals surface area contributed by atoms with Gasteiger partial charge < -0.3 is 0 Å². The molecular formula is C21H21NO3S2. The van der Waals surface area contributed by atoms with Gasteiger partial charge in [-0.3, -0.25) is 4.79 Å². The van der Waals surface area contributed by atoms with Crippen molar-refractivity contribution < 1.29 is 13.2 Å². The van der Waals surface area contributed by atoms with Crippen LogP contribution in [0.15, 0.2) is 58.8 Å². The third kappa shape index (κ3) is 4.18. The number of Topliss-reactive ketones (excluding diaryl/α,β-unsaturated/α-hetero) is 1. The van der Waals surface area contributed by atoms with E-state index >= 15 is 0 Å². The highest BCUT2D eigenvalue weighted by Gasteiger charge is 2.20. The second-order valence-electron chi connectivity index (χ2n) is 6.46. The van der Waals surface area contributed by atoms with Crippen LogP contribution in [0.4, 0.5) is 0 Å². The summed E-state index contributed by atoms with van der Waals surface area (Å²) in [5, 5.41) is 7.09. The van der Waals surface area contributed by atoms with E-state index in [1.165, 1.54) is 23.5 Å². The molecule has 27 heavy (non-hydrogen) atoms. The average Bonchev–Trinajstić information content (AvgIpc) is 3.07. The van der Waals surface area contributed by atoms with Gasteiger partial charge in [-0.15, -0.1) is 11.3 Å². The number of primary sulfonamides is 1. The third-order valence-electron chi connectivity index (χ3n) is 4.35. The van der Waals surface area contributed by atoms with Gasteiger partial charge in [0.05, 0.1) is 4.90 Å². The molecule has 3 aromatic rings. The lowest BCUT2D eigenvalue weighted by atomic mass is 9.95. The molecule has 4 nitrogen and oxygen atoms in total. The van der Waals surface area contributed by atoms with Crippen LogP contribution in [0.5, 0.6) is 0 Å². The predicted octanol–water partition coefficient (Wildman–Crippen LogP) is 5.02. The minimum atomic E-state index is -3.74. The smallest absolute Gasteiger partial charge is 0.238 e. The molecule has 3 rings (SSSR count). The Morgan fingerprint density at radius 3 is 2.15 bits per heavy atom. The third-order valence-corrected chi connectivity index (χ3v) is 6.31. The minimum absolute atomic E-state index is 0.0713. The van der Waals surface area contributed by atoms with Gasteiger partial charge >= 0.3 is 0 Å². The van der Waals surface area contributed by atoms with Crippen molar-refractivity contribution in [2.45, 2.75) is 31.6 Å². The summed E-state index contributed by atoms with van der Waals surface area (Å²) >= 11 is 1.49. The maximum Gasteiger partial charge on any atom is 0.238 e. The Hall–Kier alpha value is -2.28. The van der Waals surface area contributed by atoms with E-state index in [0.717, 1.165) is 39.1 Å². The molecule has 0 atom stereocenters. The van der Waals surface area contributed by atoms with Crippen molar-refractivity contribution >= 4 is 27.1 Å². The fraction of sp³-hybridized carbons (Fsp3) is 0.190. The first-order valence-corrected chi connectivity index (χ1v) is 11.1. The van der Waals surface area contributed by atoms with Crippen molar-refractivity contribution in [2.24, 2.45) is 5.14 Å². The maximum atomic E-state index is 12.6. The molecule has 0 aliphatic rings. The summed E-state index contributed by atoms with van der Waals surface area (Å²) < 4.78 is 23.0. The fourth-order valence-electron chi connectivity index (χ4n) is 2.94. The molecule has 6 heteroatoms. The van der Waals surface area contributed by atoms with Gasteiger partial charge in [-0.25, -0.2) is 13.6 Å². The Balaban J connectivity index is 2.15. The van der Waals surface area contributed by atoms with Crippen LogP contribution in [0.2, 0.25) is 0 Å². The number of thiophene rings is 1.